The maximum absolute atomic E-state index is 13.0. The number of hydrogen-bond acceptors (Lipinski definition) is 9. The van der Waals surface area contributed by atoms with Crippen LogP contribution in [-0.2, 0) is 49.0 Å². The van der Waals surface area contributed by atoms with Crippen LogP contribution < -0.4 is 0 Å². The van der Waals surface area contributed by atoms with Gasteiger partial charge in [0.2, 0.25) is 0 Å². The van der Waals surface area contributed by atoms with Crippen molar-refractivity contribution in [3.63, 3.8) is 0 Å². The van der Waals surface area contributed by atoms with Crippen molar-refractivity contribution < 1.29 is 40.7 Å². The van der Waals surface area contributed by atoms with Gasteiger partial charge in [-0.15, -0.1) is 0 Å². The molecule has 11 heteroatoms. The molecule has 0 unspecified atom stereocenters. The lowest BCUT2D eigenvalue weighted by Crippen LogP contribution is -2.54. The molecule has 0 aliphatic carbocycles. The SMILES string of the molecule is COCO[C@@H]([C@@H](OCc1ccccc1)[C@@H](C)O[Si](C)(C)C(C)(C)C)[C@@H](COS(=O)(=O)c1ccc(C)cc1)OCOC. The summed E-state index contributed by atoms with van der Waals surface area (Å²) in [4.78, 5) is 0.0504. The van der Waals surface area contributed by atoms with Gasteiger partial charge in [0, 0.05) is 14.2 Å². The highest BCUT2D eigenvalue weighted by Gasteiger charge is 2.43. The summed E-state index contributed by atoms with van der Waals surface area (Å²) in [5.41, 5.74) is 1.91. The van der Waals surface area contributed by atoms with Gasteiger partial charge >= 0.3 is 0 Å². The van der Waals surface area contributed by atoms with Crippen LogP contribution in [0.25, 0.3) is 0 Å². The summed E-state index contributed by atoms with van der Waals surface area (Å²) in [5, 5.41) is -0.0503. The number of benzene rings is 2. The van der Waals surface area contributed by atoms with Crippen LogP contribution in [0, 0.1) is 6.92 Å². The maximum Gasteiger partial charge on any atom is 0.297 e. The maximum atomic E-state index is 13.0. The molecule has 232 valence electrons. The normalized spacial score (nSPS) is 15.8. The van der Waals surface area contributed by atoms with Gasteiger partial charge in [-0.05, 0) is 49.7 Å². The van der Waals surface area contributed by atoms with Crippen molar-refractivity contribution in [2.24, 2.45) is 0 Å². The van der Waals surface area contributed by atoms with Crippen LogP contribution in [0.15, 0.2) is 59.5 Å². The van der Waals surface area contributed by atoms with E-state index in [1.54, 1.807) is 12.1 Å². The molecule has 0 amide bonds. The number of hydrogen-bond donors (Lipinski definition) is 0. The molecule has 4 atom stereocenters. The van der Waals surface area contributed by atoms with Gasteiger partial charge in [-0.25, -0.2) is 0 Å². The Morgan fingerprint density at radius 2 is 1.41 bits per heavy atom. The summed E-state index contributed by atoms with van der Waals surface area (Å²) in [6, 6.07) is 16.2. The second-order valence-electron chi connectivity index (χ2n) is 11.5. The third-order valence-electron chi connectivity index (χ3n) is 7.20. The quantitative estimate of drug-likeness (QED) is 0.120. The standard InChI is InChI=1S/C30H48O9SSi/c1-23-15-17-26(18-16-23)40(31,32)38-20-27(36-21-33-6)29(37-22-34-7)28(35-19-25-13-11-10-12-14-25)24(2)39-41(8,9)30(3,4)5/h10-18,24,27-29H,19-22H2,1-9H3/t24-,27-,28+,29-/m1/s1. The Morgan fingerprint density at radius 3 is 1.98 bits per heavy atom. The van der Waals surface area contributed by atoms with E-state index in [2.05, 4.69) is 33.9 Å². The topological polar surface area (TPSA) is 98.8 Å². The summed E-state index contributed by atoms with van der Waals surface area (Å²) >= 11 is 0. The van der Waals surface area contributed by atoms with Crippen molar-refractivity contribution in [3.05, 3.63) is 65.7 Å². The average Bonchev–Trinajstić information content (AvgIpc) is 2.91. The lowest BCUT2D eigenvalue weighted by molar-refractivity contribution is -0.214. The minimum absolute atomic E-state index is 0.0503. The van der Waals surface area contributed by atoms with Gasteiger partial charge in [0.25, 0.3) is 10.1 Å². The average molecular weight is 613 g/mol. The molecular weight excluding hydrogens is 564 g/mol. The molecule has 0 N–H and O–H groups in total. The molecular formula is C30H48O9SSi. The van der Waals surface area contributed by atoms with Crippen LogP contribution >= 0.6 is 0 Å². The number of aryl methyl sites for hydroxylation is 1. The van der Waals surface area contributed by atoms with E-state index in [-0.39, 0.29) is 36.7 Å². The Kier molecular flexibility index (Phi) is 14.1. The fourth-order valence-corrected chi connectivity index (χ4v) is 6.19. The molecule has 0 saturated heterocycles. The first-order valence-corrected chi connectivity index (χ1v) is 18.0. The summed E-state index contributed by atoms with van der Waals surface area (Å²) in [7, 11) is -3.31. The van der Waals surface area contributed by atoms with Crippen molar-refractivity contribution in [2.75, 3.05) is 34.4 Å². The largest absolute Gasteiger partial charge is 0.411 e. The van der Waals surface area contributed by atoms with Gasteiger partial charge in [0.05, 0.1) is 24.2 Å². The molecule has 0 aromatic heterocycles. The van der Waals surface area contributed by atoms with Crippen LogP contribution in [0.2, 0.25) is 18.1 Å². The Balaban J connectivity index is 2.43. The molecule has 0 spiro atoms. The van der Waals surface area contributed by atoms with E-state index in [9.17, 15) is 8.42 Å². The zero-order valence-electron chi connectivity index (χ0n) is 25.9. The highest BCUT2D eigenvalue weighted by molar-refractivity contribution is 7.86. The molecule has 2 rings (SSSR count). The summed E-state index contributed by atoms with van der Waals surface area (Å²) in [6.45, 7) is 14.4. The van der Waals surface area contributed by atoms with E-state index >= 15 is 0 Å². The van der Waals surface area contributed by atoms with E-state index in [0.717, 1.165) is 11.1 Å². The second kappa shape index (κ2) is 16.2. The molecule has 9 nitrogen and oxygen atoms in total. The van der Waals surface area contributed by atoms with Crippen LogP contribution in [0.4, 0.5) is 0 Å². The van der Waals surface area contributed by atoms with E-state index in [4.69, 9.17) is 32.3 Å². The van der Waals surface area contributed by atoms with E-state index in [1.807, 2.05) is 44.2 Å². The Morgan fingerprint density at radius 1 is 0.829 bits per heavy atom. The number of methoxy groups -OCH3 is 2. The van der Waals surface area contributed by atoms with Crippen LogP contribution in [0.3, 0.4) is 0 Å². The summed E-state index contributed by atoms with van der Waals surface area (Å²) in [5.74, 6) is 0. The molecule has 2 aromatic carbocycles. The monoisotopic (exact) mass is 612 g/mol. The molecule has 41 heavy (non-hydrogen) atoms. The van der Waals surface area contributed by atoms with Gasteiger partial charge in [-0.3, -0.25) is 4.18 Å². The van der Waals surface area contributed by atoms with Gasteiger partial charge < -0.3 is 28.1 Å². The third kappa shape index (κ3) is 11.2. The predicted molar refractivity (Wildman–Crippen MR) is 161 cm³/mol. The molecule has 0 radical (unpaired) electrons. The van der Waals surface area contributed by atoms with E-state index < -0.39 is 42.9 Å². The van der Waals surface area contributed by atoms with Gasteiger partial charge in [0.1, 0.15) is 31.9 Å². The first kappa shape index (κ1) is 35.5. The summed E-state index contributed by atoms with van der Waals surface area (Å²) in [6.07, 6.45) is -2.85. The zero-order chi connectivity index (χ0) is 30.7. The number of ether oxygens (including phenoxy) is 5. The van der Waals surface area contributed by atoms with Crippen LogP contribution in [0.1, 0.15) is 38.8 Å². The zero-order valence-corrected chi connectivity index (χ0v) is 27.7. The minimum atomic E-state index is -4.07. The molecule has 0 aliphatic rings. The van der Waals surface area contributed by atoms with Crippen LogP contribution in [-0.4, -0.2) is 75.6 Å². The highest BCUT2D eigenvalue weighted by atomic mass is 32.2. The predicted octanol–water partition coefficient (Wildman–Crippen LogP) is 5.67. The second-order valence-corrected chi connectivity index (χ2v) is 17.9. The van der Waals surface area contributed by atoms with Crippen molar-refractivity contribution in [2.45, 2.75) is 88.7 Å². The Bertz CT molecular complexity index is 1120. The van der Waals surface area contributed by atoms with Crippen molar-refractivity contribution in [3.8, 4) is 0 Å². The molecule has 0 bridgehead atoms. The van der Waals surface area contributed by atoms with Gasteiger partial charge in [-0.2, -0.15) is 8.42 Å². The number of rotatable bonds is 18. The highest BCUT2D eigenvalue weighted by Crippen LogP contribution is 2.38. The smallest absolute Gasteiger partial charge is 0.297 e. The Labute approximate surface area is 247 Å². The fourth-order valence-electron chi connectivity index (χ4n) is 3.86. The molecule has 0 aliphatic heterocycles. The van der Waals surface area contributed by atoms with Crippen molar-refractivity contribution in [1.29, 1.82) is 0 Å². The molecule has 2 aromatic rings. The fraction of sp³-hybridized carbons (Fsp3) is 0.600. The van der Waals surface area contributed by atoms with Gasteiger partial charge in [-0.1, -0.05) is 68.8 Å². The molecule has 0 heterocycles. The lowest BCUT2D eigenvalue weighted by atomic mass is 10.0. The first-order valence-electron chi connectivity index (χ1n) is 13.7. The van der Waals surface area contributed by atoms with E-state index in [0.29, 0.717) is 0 Å². The summed E-state index contributed by atoms with van der Waals surface area (Å²) < 4.78 is 67.4. The lowest BCUT2D eigenvalue weighted by Gasteiger charge is -2.42. The van der Waals surface area contributed by atoms with Crippen molar-refractivity contribution in [1.82, 2.24) is 0 Å². The molecule has 0 saturated carbocycles. The van der Waals surface area contributed by atoms with E-state index in [1.165, 1.54) is 26.4 Å². The minimum Gasteiger partial charge on any atom is -0.411 e. The Hall–Kier alpha value is -1.67. The van der Waals surface area contributed by atoms with Crippen molar-refractivity contribution >= 4 is 18.4 Å². The third-order valence-corrected chi connectivity index (χ3v) is 13.1. The van der Waals surface area contributed by atoms with Gasteiger partial charge in [0.15, 0.2) is 8.32 Å². The van der Waals surface area contributed by atoms with Crippen LogP contribution in [0.5, 0.6) is 0 Å². The molecule has 0 fully saturated rings. The first-order chi connectivity index (χ1) is 19.2.